The maximum absolute atomic E-state index is 11.1. The van der Waals surface area contributed by atoms with Crippen LogP contribution in [0.2, 0.25) is 0 Å². The van der Waals surface area contributed by atoms with Crippen molar-refractivity contribution in [2.45, 2.75) is 19.8 Å². The molecule has 0 aliphatic heterocycles. The average molecular weight is 262 g/mol. The van der Waals surface area contributed by atoms with Crippen LogP contribution in [0.5, 0.6) is 0 Å². The van der Waals surface area contributed by atoms with Crippen molar-refractivity contribution in [2.75, 3.05) is 23.7 Å². The number of benzene rings is 1. The number of oxazole rings is 1. The normalized spacial score (nSPS) is 10.8. The Morgan fingerprint density at radius 1 is 1.47 bits per heavy atom. The minimum absolute atomic E-state index is 0.0995. The van der Waals surface area contributed by atoms with E-state index in [9.17, 15) is 4.79 Å². The summed E-state index contributed by atoms with van der Waals surface area (Å²) >= 11 is 0. The molecule has 0 radical (unpaired) electrons. The minimum atomic E-state index is -0.405. The van der Waals surface area contributed by atoms with Gasteiger partial charge in [-0.3, -0.25) is 4.79 Å². The molecule has 0 saturated carbocycles. The van der Waals surface area contributed by atoms with Crippen molar-refractivity contribution in [1.29, 1.82) is 0 Å². The molecular formula is C13H18N4O2. The molecule has 0 fully saturated rings. The Hall–Kier alpha value is -2.24. The molecule has 1 heterocycles. The summed E-state index contributed by atoms with van der Waals surface area (Å²) in [5.41, 5.74) is 12.9. The van der Waals surface area contributed by atoms with E-state index in [1.54, 1.807) is 23.1 Å². The molecule has 0 aliphatic carbocycles. The van der Waals surface area contributed by atoms with Gasteiger partial charge in [0.1, 0.15) is 12.1 Å². The van der Waals surface area contributed by atoms with Crippen LogP contribution in [0.3, 0.4) is 0 Å². The summed E-state index contributed by atoms with van der Waals surface area (Å²) < 4.78 is 5.64. The van der Waals surface area contributed by atoms with E-state index >= 15 is 0 Å². The average Bonchev–Trinajstić information content (AvgIpc) is 2.76. The third-order valence-electron chi connectivity index (χ3n) is 2.80. The summed E-state index contributed by atoms with van der Waals surface area (Å²) in [6, 6.07) is 5.68. The number of hydrogen-bond acceptors (Lipinski definition) is 5. The third-order valence-corrected chi connectivity index (χ3v) is 2.80. The molecule has 0 unspecified atom stereocenters. The Balaban J connectivity index is 2.29. The van der Waals surface area contributed by atoms with Crippen LogP contribution in [-0.2, 0) is 4.79 Å². The second kappa shape index (κ2) is 5.60. The van der Waals surface area contributed by atoms with E-state index in [0.29, 0.717) is 23.8 Å². The first-order valence-corrected chi connectivity index (χ1v) is 6.29. The van der Waals surface area contributed by atoms with Gasteiger partial charge in [0.2, 0.25) is 5.91 Å². The summed E-state index contributed by atoms with van der Waals surface area (Å²) in [6.45, 7) is 2.86. The van der Waals surface area contributed by atoms with Gasteiger partial charge in [-0.05, 0) is 18.6 Å². The van der Waals surface area contributed by atoms with Gasteiger partial charge in [0.25, 0.3) is 6.01 Å². The number of unbranched alkanes of at least 4 members (excludes halogenated alkanes) is 1. The van der Waals surface area contributed by atoms with Crippen LogP contribution >= 0.6 is 0 Å². The molecule has 1 aromatic heterocycles. The number of carbonyl (C=O) groups is 1. The van der Waals surface area contributed by atoms with Crippen LogP contribution in [0, 0.1) is 0 Å². The number of aromatic nitrogens is 1. The van der Waals surface area contributed by atoms with Crippen molar-refractivity contribution < 1.29 is 9.21 Å². The van der Waals surface area contributed by atoms with Crippen LogP contribution in [-0.4, -0.2) is 24.0 Å². The van der Waals surface area contributed by atoms with Crippen molar-refractivity contribution in [1.82, 2.24) is 4.98 Å². The zero-order chi connectivity index (χ0) is 13.8. The molecule has 0 bridgehead atoms. The van der Waals surface area contributed by atoms with Crippen molar-refractivity contribution in [2.24, 2.45) is 5.73 Å². The molecule has 0 atom stereocenters. The Morgan fingerprint density at radius 3 is 2.95 bits per heavy atom. The van der Waals surface area contributed by atoms with Gasteiger partial charge in [0, 0.05) is 18.3 Å². The number of fused-ring (bicyclic) bond motifs is 1. The molecule has 102 valence electrons. The summed E-state index contributed by atoms with van der Waals surface area (Å²) in [7, 11) is 0. The Bertz CT molecular complexity index is 579. The van der Waals surface area contributed by atoms with Crippen LogP contribution in [0.1, 0.15) is 19.8 Å². The van der Waals surface area contributed by atoms with Crippen molar-refractivity contribution >= 4 is 28.7 Å². The fraction of sp³-hybridized carbons (Fsp3) is 0.385. The third kappa shape index (κ3) is 3.15. The minimum Gasteiger partial charge on any atom is -0.423 e. The number of anilines is 2. The molecule has 6 nitrogen and oxygen atoms in total. The maximum atomic E-state index is 11.1. The number of nitrogen functional groups attached to an aromatic ring is 1. The largest absolute Gasteiger partial charge is 0.423 e. The number of primary amides is 1. The topological polar surface area (TPSA) is 98.4 Å². The van der Waals surface area contributed by atoms with Gasteiger partial charge >= 0.3 is 0 Å². The highest BCUT2D eigenvalue weighted by Gasteiger charge is 2.15. The first kappa shape index (κ1) is 13.2. The molecule has 0 saturated heterocycles. The molecule has 19 heavy (non-hydrogen) atoms. The van der Waals surface area contributed by atoms with Gasteiger partial charge in [-0.15, -0.1) is 0 Å². The first-order chi connectivity index (χ1) is 9.10. The number of carbonyl (C=O) groups excluding carboxylic acids is 1. The quantitative estimate of drug-likeness (QED) is 0.769. The first-order valence-electron chi connectivity index (χ1n) is 6.29. The van der Waals surface area contributed by atoms with E-state index in [-0.39, 0.29) is 6.54 Å². The number of rotatable bonds is 6. The lowest BCUT2D eigenvalue weighted by atomic mass is 10.3. The Labute approximate surface area is 111 Å². The van der Waals surface area contributed by atoms with E-state index in [4.69, 9.17) is 15.9 Å². The maximum Gasteiger partial charge on any atom is 0.298 e. The molecule has 0 spiro atoms. The summed E-state index contributed by atoms with van der Waals surface area (Å²) in [4.78, 5) is 17.2. The van der Waals surface area contributed by atoms with Gasteiger partial charge in [-0.2, -0.15) is 4.98 Å². The van der Waals surface area contributed by atoms with Crippen molar-refractivity contribution in [3.8, 4) is 0 Å². The molecule has 4 N–H and O–H groups in total. The highest BCUT2D eigenvalue weighted by molar-refractivity contribution is 5.81. The summed E-state index contributed by atoms with van der Waals surface area (Å²) in [5, 5.41) is 0. The molecule has 0 aliphatic rings. The lowest BCUT2D eigenvalue weighted by Crippen LogP contribution is -2.34. The van der Waals surface area contributed by atoms with E-state index < -0.39 is 5.91 Å². The van der Waals surface area contributed by atoms with Gasteiger partial charge < -0.3 is 20.8 Å². The Morgan fingerprint density at radius 2 is 2.26 bits per heavy atom. The van der Waals surface area contributed by atoms with Crippen LogP contribution < -0.4 is 16.4 Å². The van der Waals surface area contributed by atoms with Gasteiger partial charge in [0.05, 0.1) is 0 Å². The SMILES string of the molecule is CCCCN(CC(N)=O)c1nc2ccc(N)cc2o1. The second-order valence-corrected chi connectivity index (χ2v) is 4.47. The number of nitrogens with two attached hydrogens (primary N) is 2. The van der Waals surface area contributed by atoms with E-state index in [0.717, 1.165) is 18.4 Å². The monoisotopic (exact) mass is 262 g/mol. The molecule has 2 aromatic rings. The highest BCUT2D eigenvalue weighted by atomic mass is 16.4. The fourth-order valence-corrected chi connectivity index (χ4v) is 1.84. The van der Waals surface area contributed by atoms with E-state index in [1.165, 1.54) is 0 Å². The van der Waals surface area contributed by atoms with Gasteiger partial charge in [0.15, 0.2) is 5.58 Å². The van der Waals surface area contributed by atoms with Crippen LogP contribution in [0.4, 0.5) is 11.7 Å². The van der Waals surface area contributed by atoms with Crippen molar-refractivity contribution in [3.05, 3.63) is 18.2 Å². The smallest absolute Gasteiger partial charge is 0.298 e. The predicted octanol–water partition coefficient (Wildman–Crippen LogP) is 1.50. The number of amides is 1. The lowest BCUT2D eigenvalue weighted by molar-refractivity contribution is -0.116. The standard InChI is InChI=1S/C13H18N4O2/c1-2-3-6-17(8-12(15)18)13-16-10-5-4-9(14)7-11(10)19-13/h4-5,7H,2-3,6,8,14H2,1H3,(H2,15,18). The van der Waals surface area contributed by atoms with Crippen LogP contribution in [0.25, 0.3) is 11.1 Å². The zero-order valence-corrected chi connectivity index (χ0v) is 10.9. The molecule has 1 aromatic carbocycles. The van der Waals surface area contributed by atoms with Gasteiger partial charge in [-0.1, -0.05) is 13.3 Å². The number of nitrogens with zero attached hydrogens (tertiary/aromatic N) is 2. The molecular weight excluding hydrogens is 244 g/mol. The van der Waals surface area contributed by atoms with Crippen molar-refractivity contribution in [3.63, 3.8) is 0 Å². The second-order valence-electron chi connectivity index (χ2n) is 4.47. The van der Waals surface area contributed by atoms with E-state index in [2.05, 4.69) is 11.9 Å². The van der Waals surface area contributed by atoms with Gasteiger partial charge in [-0.25, -0.2) is 0 Å². The Kier molecular flexibility index (Phi) is 3.89. The summed E-state index contributed by atoms with van der Waals surface area (Å²) in [6.07, 6.45) is 1.95. The molecule has 6 heteroatoms. The summed E-state index contributed by atoms with van der Waals surface area (Å²) in [5.74, 6) is -0.405. The highest BCUT2D eigenvalue weighted by Crippen LogP contribution is 2.23. The van der Waals surface area contributed by atoms with Crippen LogP contribution in [0.15, 0.2) is 22.6 Å². The number of hydrogen-bond donors (Lipinski definition) is 2. The zero-order valence-electron chi connectivity index (χ0n) is 10.9. The lowest BCUT2D eigenvalue weighted by Gasteiger charge is -2.17. The van der Waals surface area contributed by atoms with E-state index in [1.807, 2.05) is 0 Å². The molecule has 2 rings (SSSR count). The predicted molar refractivity (Wildman–Crippen MR) is 74.7 cm³/mol. The fourth-order valence-electron chi connectivity index (χ4n) is 1.84. The molecule has 1 amide bonds.